The third kappa shape index (κ3) is 3.25. The minimum atomic E-state index is -0.234. The molecule has 6 nitrogen and oxygen atoms in total. The molecule has 0 spiro atoms. The maximum atomic E-state index is 13.1. The molecule has 1 atom stereocenters. The lowest BCUT2D eigenvalue weighted by Crippen LogP contribution is -2.45. The van der Waals surface area contributed by atoms with E-state index in [9.17, 15) is 9.59 Å². The van der Waals surface area contributed by atoms with Crippen LogP contribution in [0.1, 0.15) is 53.7 Å². The van der Waals surface area contributed by atoms with Crippen molar-refractivity contribution in [1.29, 1.82) is 0 Å². The molecule has 0 aromatic carbocycles. The molecule has 2 aliphatic rings. The number of nitrogens with zero attached hydrogens (tertiary/aromatic N) is 3. The van der Waals surface area contributed by atoms with Gasteiger partial charge in [0.15, 0.2) is 0 Å². The van der Waals surface area contributed by atoms with Gasteiger partial charge in [-0.15, -0.1) is 0 Å². The molecule has 1 saturated heterocycles. The molecule has 2 aromatic heterocycles. The highest BCUT2D eigenvalue weighted by molar-refractivity contribution is 5.94. The van der Waals surface area contributed by atoms with Crippen molar-refractivity contribution < 1.29 is 4.79 Å². The van der Waals surface area contributed by atoms with Crippen LogP contribution in [0.2, 0.25) is 0 Å². The molecule has 0 saturated carbocycles. The van der Waals surface area contributed by atoms with Crippen LogP contribution in [0, 0.1) is 0 Å². The van der Waals surface area contributed by atoms with Gasteiger partial charge < -0.3 is 9.88 Å². The molecule has 1 amide bonds. The first-order chi connectivity index (χ1) is 12.2. The third-order valence-corrected chi connectivity index (χ3v) is 5.46. The number of piperidine rings is 1. The van der Waals surface area contributed by atoms with Crippen molar-refractivity contribution in [3.63, 3.8) is 0 Å². The van der Waals surface area contributed by atoms with Crippen LogP contribution in [0.5, 0.6) is 0 Å². The van der Waals surface area contributed by atoms with Gasteiger partial charge in [-0.05, 0) is 62.6 Å². The van der Waals surface area contributed by atoms with E-state index in [1.54, 1.807) is 6.20 Å². The second-order valence-electron chi connectivity index (χ2n) is 7.08. The van der Waals surface area contributed by atoms with Gasteiger partial charge in [0, 0.05) is 37.2 Å². The molecular formula is C19H24N4O2. The van der Waals surface area contributed by atoms with Gasteiger partial charge in [-0.25, -0.2) is 0 Å². The maximum absolute atomic E-state index is 13.1. The normalized spacial score (nSPS) is 19.8. The molecule has 1 N–H and O–H groups in total. The van der Waals surface area contributed by atoms with Crippen LogP contribution in [-0.4, -0.2) is 38.2 Å². The Morgan fingerprint density at radius 3 is 3.04 bits per heavy atom. The molecule has 6 heteroatoms. The van der Waals surface area contributed by atoms with E-state index < -0.39 is 0 Å². The second kappa shape index (κ2) is 6.86. The van der Waals surface area contributed by atoms with Gasteiger partial charge >= 0.3 is 0 Å². The molecule has 1 aliphatic carbocycles. The van der Waals surface area contributed by atoms with Crippen LogP contribution in [0.25, 0.3) is 0 Å². The lowest BCUT2D eigenvalue weighted by atomic mass is 9.98. The Morgan fingerprint density at radius 1 is 1.28 bits per heavy atom. The first kappa shape index (κ1) is 16.1. The van der Waals surface area contributed by atoms with E-state index in [0.29, 0.717) is 5.56 Å². The molecular weight excluding hydrogens is 316 g/mol. The summed E-state index contributed by atoms with van der Waals surface area (Å²) in [5, 5.41) is 4.24. The molecule has 4 rings (SSSR count). The van der Waals surface area contributed by atoms with Gasteiger partial charge in [0.2, 0.25) is 0 Å². The van der Waals surface area contributed by atoms with E-state index in [0.717, 1.165) is 69.3 Å². The van der Waals surface area contributed by atoms with E-state index in [-0.39, 0.29) is 17.5 Å². The number of hydrogen-bond donors (Lipinski definition) is 1. The quantitative estimate of drug-likeness (QED) is 0.927. The molecule has 3 heterocycles. The zero-order valence-electron chi connectivity index (χ0n) is 14.4. The van der Waals surface area contributed by atoms with Crippen LogP contribution in [0.3, 0.4) is 0 Å². The number of pyridine rings is 1. The number of carbonyl (C=O) groups excluding carboxylic acids is 1. The number of aryl methyl sites for hydroxylation is 3. The maximum Gasteiger partial charge on any atom is 0.261 e. The molecule has 1 fully saturated rings. The number of rotatable bonds is 4. The summed E-state index contributed by atoms with van der Waals surface area (Å²) in [6, 6.07) is 3.93. The number of aromatic nitrogens is 3. The fraction of sp³-hybridized carbons (Fsp3) is 0.526. The number of nitrogens with one attached hydrogen (secondary N) is 1. The average Bonchev–Trinajstić information content (AvgIpc) is 3.30. The monoisotopic (exact) mass is 340 g/mol. The van der Waals surface area contributed by atoms with Crippen LogP contribution >= 0.6 is 0 Å². The van der Waals surface area contributed by atoms with Crippen molar-refractivity contribution in [2.75, 3.05) is 6.54 Å². The van der Waals surface area contributed by atoms with Gasteiger partial charge in [0.25, 0.3) is 11.5 Å². The predicted molar refractivity (Wildman–Crippen MR) is 94.6 cm³/mol. The zero-order chi connectivity index (χ0) is 17.2. The van der Waals surface area contributed by atoms with E-state index in [1.807, 2.05) is 27.9 Å². The second-order valence-corrected chi connectivity index (χ2v) is 7.08. The highest BCUT2D eigenvalue weighted by Gasteiger charge is 2.29. The van der Waals surface area contributed by atoms with Crippen LogP contribution in [-0.2, 0) is 19.4 Å². The first-order valence-corrected chi connectivity index (χ1v) is 9.26. The number of likely N-dealkylation sites (tertiary alicyclic amines) is 1. The minimum absolute atomic E-state index is 0.110. The molecule has 1 aliphatic heterocycles. The molecule has 0 bridgehead atoms. The SMILES string of the molecule is O=C(c1cc2c([nH]c1=O)CCC2)N1CCCC[C@H]1CCn1cccn1. The summed E-state index contributed by atoms with van der Waals surface area (Å²) < 4.78 is 1.90. The number of aromatic amines is 1. The summed E-state index contributed by atoms with van der Waals surface area (Å²) in [6.45, 7) is 1.53. The Labute approximate surface area is 146 Å². The summed E-state index contributed by atoms with van der Waals surface area (Å²) in [6.07, 6.45) is 10.6. The van der Waals surface area contributed by atoms with Crippen LogP contribution < -0.4 is 5.56 Å². The van der Waals surface area contributed by atoms with Gasteiger partial charge in [-0.1, -0.05) is 0 Å². The van der Waals surface area contributed by atoms with Gasteiger partial charge in [0.1, 0.15) is 5.56 Å². The zero-order valence-corrected chi connectivity index (χ0v) is 14.4. The summed E-state index contributed by atoms with van der Waals surface area (Å²) in [4.78, 5) is 30.3. The number of carbonyl (C=O) groups is 1. The molecule has 0 unspecified atom stereocenters. The van der Waals surface area contributed by atoms with Crippen molar-refractivity contribution in [1.82, 2.24) is 19.7 Å². The number of amides is 1. The summed E-state index contributed by atoms with van der Waals surface area (Å²) in [5.41, 5.74) is 2.22. The van der Waals surface area contributed by atoms with Crippen molar-refractivity contribution in [2.24, 2.45) is 0 Å². The van der Waals surface area contributed by atoms with Crippen LogP contribution in [0.15, 0.2) is 29.3 Å². The lowest BCUT2D eigenvalue weighted by Gasteiger charge is -2.35. The van der Waals surface area contributed by atoms with Crippen molar-refractivity contribution in [2.45, 2.75) is 57.5 Å². The Kier molecular flexibility index (Phi) is 4.42. The Bertz CT molecular complexity index is 809. The topological polar surface area (TPSA) is 71.0 Å². The molecule has 2 aromatic rings. The first-order valence-electron chi connectivity index (χ1n) is 9.26. The number of H-pyrrole nitrogens is 1. The molecule has 132 valence electrons. The smallest absolute Gasteiger partial charge is 0.261 e. The van der Waals surface area contributed by atoms with E-state index in [1.165, 1.54) is 0 Å². The Balaban J connectivity index is 1.53. The van der Waals surface area contributed by atoms with Gasteiger partial charge in [-0.2, -0.15) is 5.10 Å². The highest BCUT2D eigenvalue weighted by Crippen LogP contribution is 2.24. The average molecular weight is 340 g/mol. The van der Waals surface area contributed by atoms with E-state index in [2.05, 4.69) is 10.1 Å². The minimum Gasteiger partial charge on any atom is -0.335 e. The van der Waals surface area contributed by atoms with Crippen molar-refractivity contribution in [3.05, 3.63) is 51.7 Å². The fourth-order valence-corrected chi connectivity index (χ4v) is 4.11. The van der Waals surface area contributed by atoms with Gasteiger partial charge in [-0.3, -0.25) is 14.3 Å². The molecule has 25 heavy (non-hydrogen) atoms. The Hall–Kier alpha value is -2.37. The number of hydrogen-bond acceptors (Lipinski definition) is 3. The fourth-order valence-electron chi connectivity index (χ4n) is 4.11. The van der Waals surface area contributed by atoms with Gasteiger partial charge in [0.05, 0.1) is 0 Å². The van der Waals surface area contributed by atoms with Crippen molar-refractivity contribution >= 4 is 5.91 Å². The summed E-state index contributed by atoms with van der Waals surface area (Å²) in [5.74, 6) is -0.110. The largest absolute Gasteiger partial charge is 0.335 e. The standard InChI is InChI=1S/C19H24N4O2/c24-18-16(13-14-5-3-7-17(14)21-18)19(25)23-11-2-1-6-15(23)8-12-22-10-4-9-20-22/h4,9-10,13,15H,1-3,5-8,11-12H2,(H,21,24)/t15-/m0/s1. The van der Waals surface area contributed by atoms with E-state index >= 15 is 0 Å². The van der Waals surface area contributed by atoms with Crippen molar-refractivity contribution in [3.8, 4) is 0 Å². The third-order valence-electron chi connectivity index (χ3n) is 5.46. The van der Waals surface area contributed by atoms with Crippen LogP contribution in [0.4, 0.5) is 0 Å². The molecule has 0 radical (unpaired) electrons. The lowest BCUT2D eigenvalue weighted by molar-refractivity contribution is 0.0592. The highest BCUT2D eigenvalue weighted by atomic mass is 16.2. The van der Waals surface area contributed by atoms with E-state index in [4.69, 9.17) is 0 Å². The Morgan fingerprint density at radius 2 is 2.20 bits per heavy atom. The predicted octanol–water partition coefficient (Wildman–Crippen LogP) is 2.15. The summed E-state index contributed by atoms with van der Waals surface area (Å²) in [7, 11) is 0. The number of fused-ring (bicyclic) bond motifs is 1. The summed E-state index contributed by atoms with van der Waals surface area (Å²) >= 11 is 0.